The largest absolute Gasteiger partial charge is 0.472 e. The zero-order chi connectivity index (χ0) is 73.2. The van der Waals surface area contributed by atoms with E-state index < -0.39 is 97.5 Å². The van der Waals surface area contributed by atoms with E-state index in [0.717, 1.165) is 128 Å². The summed E-state index contributed by atoms with van der Waals surface area (Å²) in [6.07, 6.45) is 75.9. The predicted molar refractivity (Wildman–Crippen MR) is 409 cm³/mol. The quantitative estimate of drug-likeness (QED) is 0.0169. The summed E-state index contributed by atoms with van der Waals surface area (Å²) in [6, 6.07) is 0. The Kier molecular flexibility index (Phi) is 70.8. The van der Waals surface area contributed by atoms with Crippen LogP contribution in [-0.4, -0.2) is 96.7 Å². The van der Waals surface area contributed by atoms with Gasteiger partial charge in [0.1, 0.15) is 19.3 Å². The lowest BCUT2D eigenvalue weighted by Crippen LogP contribution is -2.30. The Morgan fingerprint density at radius 2 is 0.560 bits per heavy atom. The van der Waals surface area contributed by atoms with Crippen molar-refractivity contribution >= 4 is 39.5 Å². The first kappa shape index (κ1) is 96.2. The first-order chi connectivity index (χ1) is 48.7. The Bertz CT molecular complexity index is 2230. The van der Waals surface area contributed by atoms with Gasteiger partial charge in [-0.1, -0.05) is 305 Å². The summed E-state index contributed by atoms with van der Waals surface area (Å²) in [6.45, 7) is 4.67. The van der Waals surface area contributed by atoms with Crippen LogP contribution in [0.25, 0.3) is 0 Å². The van der Waals surface area contributed by atoms with E-state index in [9.17, 15) is 43.2 Å². The molecule has 0 amide bonds. The van der Waals surface area contributed by atoms with Gasteiger partial charge >= 0.3 is 39.5 Å². The van der Waals surface area contributed by atoms with E-state index in [1.54, 1.807) is 6.08 Å². The molecule has 0 spiro atoms. The second kappa shape index (κ2) is 73.5. The minimum Gasteiger partial charge on any atom is -0.462 e. The van der Waals surface area contributed by atoms with Gasteiger partial charge in [0.15, 0.2) is 12.2 Å². The molecule has 0 rings (SSSR count). The summed E-state index contributed by atoms with van der Waals surface area (Å²) in [4.78, 5) is 72.9. The van der Waals surface area contributed by atoms with Crippen molar-refractivity contribution in [2.75, 3.05) is 39.6 Å². The Balaban J connectivity index is 5.40. The SMILES string of the molecule is CC/C=C\C/C=C\C/C=C\C/C=C\C/C=C\CC(=O)OCC(COP(=O)(O)OCC(O)COP(=O)(O)OCC(COC(=O)CCCCCCC/C=C\CCCCCCCC)OC(=O)CCCCCCCCCCCCCCCCC)OC(=O)CCCCCCC/C=C\CCCCCCCC. The van der Waals surface area contributed by atoms with Gasteiger partial charge in [-0.25, -0.2) is 9.13 Å². The van der Waals surface area contributed by atoms with Crippen molar-refractivity contribution in [1.29, 1.82) is 0 Å². The number of allylic oxidation sites excluding steroid dienone is 13. The summed E-state index contributed by atoms with van der Waals surface area (Å²) < 4.78 is 68.5. The number of ether oxygens (including phenoxy) is 4. The van der Waals surface area contributed by atoms with Gasteiger partial charge in [-0.15, -0.1) is 0 Å². The molecule has 0 saturated heterocycles. The van der Waals surface area contributed by atoms with Crippen LogP contribution in [0.15, 0.2) is 85.1 Å². The average Bonchev–Trinajstić information content (AvgIpc) is 1.01. The van der Waals surface area contributed by atoms with Gasteiger partial charge in [0.05, 0.1) is 32.8 Å². The fraction of sp³-hybridized carbons (Fsp3) is 0.778. The Hall–Kier alpha value is -3.76. The number of rotatable bonds is 75. The smallest absolute Gasteiger partial charge is 0.462 e. The zero-order valence-electron chi connectivity index (χ0n) is 63.4. The molecule has 5 unspecified atom stereocenters. The minimum atomic E-state index is -4.99. The first-order valence-corrected chi connectivity index (χ1v) is 42.8. The number of unbranched alkanes of at least 4 members (excludes halogenated alkanes) is 36. The Morgan fingerprint density at radius 1 is 0.300 bits per heavy atom. The van der Waals surface area contributed by atoms with Gasteiger partial charge in [-0.05, 0) is 103 Å². The highest BCUT2D eigenvalue weighted by molar-refractivity contribution is 7.47. The lowest BCUT2D eigenvalue weighted by molar-refractivity contribution is -0.161. The summed E-state index contributed by atoms with van der Waals surface area (Å²) in [7, 11) is -9.97. The number of phosphoric ester groups is 2. The van der Waals surface area contributed by atoms with Crippen LogP contribution in [-0.2, 0) is 65.4 Å². The maximum atomic E-state index is 13.1. The number of aliphatic hydroxyl groups is 1. The lowest BCUT2D eigenvalue weighted by atomic mass is 10.0. The molecule has 5 atom stereocenters. The molecule has 19 heteroatoms. The van der Waals surface area contributed by atoms with Crippen molar-refractivity contribution in [2.45, 2.75) is 367 Å². The molecule has 0 bridgehead atoms. The molecule has 3 N–H and O–H groups in total. The number of carbonyl (C=O) groups excluding carboxylic acids is 4. The summed E-state index contributed by atoms with van der Waals surface area (Å²) in [5, 5.41) is 10.6. The van der Waals surface area contributed by atoms with Crippen LogP contribution in [0.1, 0.15) is 349 Å². The molecule has 0 aliphatic heterocycles. The zero-order valence-corrected chi connectivity index (χ0v) is 65.2. The van der Waals surface area contributed by atoms with Crippen molar-refractivity contribution in [3.63, 3.8) is 0 Å². The monoisotopic (exact) mass is 1450 g/mol. The second-order valence-corrected chi connectivity index (χ2v) is 29.6. The van der Waals surface area contributed by atoms with Crippen molar-refractivity contribution in [2.24, 2.45) is 0 Å². The van der Waals surface area contributed by atoms with Gasteiger partial charge in [-0.3, -0.25) is 37.3 Å². The molecule has 0 saturated carbocycles. The van der Waals surface area contributed by atoms with Crippen LogP contribution in [0.5, 0.6) is 0 Å². The van der Waals surface area contributed by atoms with Crippen molar-refractivity contribution in [1.82, 2.24) is 0 Å². The van der Waals surface area contributed by atoms with E-state index in [0.29, 0.717) is 25.7 Å². The summed E-state index contributed by atoms with van der Waals surface area (Å²) in [5.74, 6) is -2.32. The van der Waals surface area contributed by atoms with Gasteiger partial charge in [0, 0.05) is 19.3 Å². The van der Waals surface area contributed by atoms with E-state index in [2.05, 4.69) is 88.5 Å². The van der Waals surface area contributed by atoms with Crippen LogP contribution in [0.2, 0.25) is 0 Å². The van der Waals surface area contributed by atoms with Gasteiger partial charge in [-0.2, -0.15) is 0 Å². The molecular formula is C81H144O17P2. The van der Waals surface area contributed by atoms with Gasteiger partial charge < -0.3 is 33.8 Å². The fourth-order valence-electron chi connectivity index (χ4n) is 10.8. The maximum absolute atomic E-state index is 13.1. The molecule has 0 aromatic heterocycles. The minimum absolute atomic E-state index is 0.0671. The predicted octanol–water partition coefficient (Wildman–Crippen LogP) is 23.0. The van der Waals surface area contributed by atoms with E-state index in [4.69, 9.17) is 37.0 Å². The molecule has 0 aliphatic carbocycles. The highest BCUT2D eigenvalue weighted by Crippen LogP contribution is 2.45. The van der Waals surface area contributed by atoms with Crippen molar-refractivity contribution in [3.8, 4) is 0 Å². The van der Waals surface area contributed by atoms with Crippen LogP contribution < -0.4 is 0 Å². The van der Waals surface area contributed by atoms with E-state index in [-0.39, 0.29) is 25.7 Å². The standard InChI is InChI=1S/C81H144O17P2/c1-5-9-13-17-21-25-29-33-37-41-45-49-53-57-61-65-78(83)91-71-76(97-80(85)67-63-59-55-51-47-43-39-35-31-27-23-19-15-11-7-3)73-95-99(87,88)93-69-75(82)70-94-100(89,90)96-74-77(98-81(86)68-64-60-56-52-48-44-40-36-32-28-24-20-16-12-8-4)72-92-79(84)66-62-58-54-50-46-42-38-34-30-26-22-18-14-10-6-2/h9,13,21,25,33-35,37-39,45,49,57,61,75-77,82H,5-8,10-12,14-20,22-24,26-32,36,40-44,46-48,50-56,58-60,62-74H2,1-4H3,(H,87,88)(H,89,90)/b13-9-,25-21-,37-33-,38-34-,39-35-,49-45-,61-57-. The summed E-state index contributed by atoms with van der Waals surface area (Å²) >= 11 is 0. The number of esters is 4. The number of carbonyl (C=O) groups is 4. The highest BCUT2D eigenvalue weighted by Gasteiger charge is 2.30. The maximum Gasteiger partial charge on any atom is 0.472 e. The first-order valence-electron chi connectivity index (χ1n) is 39.8. The second-order valence-electron chi connectivity index (χ2n) is 26.6. The van der Waals surface area contributed by atoms with Crippen molar-refractivity contribution in [3.05, 3.63) is 85.1 Å². The van der Waals surface area contributed by atoms with Crippen LogP contribution in [0, 0.1) is 0 Å². The average molecular weight is 1450 g/mol. The summed E-state index contributed by atoms with van der Waals surface area (Å²) in [5.41, 5.74) is 0. The van der Waals surface area contributed by atoms with E-state index >= 15 is 0 Å². The number of hydrogen-bond acceptors (Lipinski definition) is 15. The molecule has 580 valence electrons. The number of hydrogen-bond donors (Lipinski definition) is 3. The molecule has 0 fully saturated rings. The number of phosphoric acid groups is 2. The highest BCUT2D eigenvalue weighted by atomic mass is 31.2. The van der Waals surface area contributed by atoms with Gasteiger partial charge in [0.2, 0.25) is 0 Å². The fourth-order valence-corrected chi connectivity index (χ4v) is 12.4. The molecule has 0 aromatic rings. The Morgan fingerprint density at radius 3 is 0.880 bits per heavy atom. The molecule has 0 aliphatic rings. The third kappa shape index (κ3) is 72.6. The molecule has 17 nitrogen and oxygen atoms in total. The third-order valence-electron chi connectivity index (χ3n) is 16.9. The molecule has 0 heterocycles. The molecule has 0 radical (unpaired) electrons. The van der Waals surface area contributed by atoms with Crippen LogP contribution >= 0.6 is 15.6 Å². The molecular weight excluding hydrogens is 1310 g/mol. The normalized spacial score (nSPS) is 14.3. The van der Waals surface area contributed by atoms with Crippen LogP contribution in [0.3, 0.4) is 0 Å². The van der Waals surface area contributed by atoms with Crippen LogP contribution in [0.4, 0.5) is 0 Å². The van der Waals surface area contributed by atoms with Gasteiger partial charge in [0.25, 0.3) is 0 Å². The topological polar surface area (TPSA) is 237 Å². The lowest BCUT2D eigenvalue weighted by Gasteiger charge is -2.21. The molecule has 100 heavy (non-hydrogen) atoms. The van der Waals surface area contributed by atoms with Crippen molar-refractivity contribution < 1.29 is 80.2 Å². The van der Waals surface area contributed by atoms with E-state index in [1.807, 2.05) is 18.2 Å². The number of aliphatic hydroxyl groups excluding tert-OH is 1. The molecule has 0 aromatic carbocycles. The Labute approximate surface area is 608 Å². The third-order valence-corrected chi connectivity index (χ3v) is 18.8. The van der Waals surface area contributed by atoms with E-state index in [1.165, 1.54) is 141 Å².